The second kappa shape index (κ2) is 6.94. The summed E-state index contributed by atoms with van der Waals surface area (Å²) in [4.78, 5) is 11.5. The number of ether oxygens (including phenoxy) is 1. The van der Waals surface area contributed by atoms with Crippen molar-refractivity contribution < 1.29 is 22.7 Å². The van der Waals surface area contributed by atoms with E-state index in [2.05, 4.69) is 15.4 Å². The second-order valence-corrected chi connectivity index (χ2v) is 4.48. The van der Waals surface area contributed by atoms with Gasteiger partial charge in [-0.25, -0.2) is 0 Å². The Morgan fingerprint density at radius 3 is 2.83 bits per heavy atom. The van der Waals surface area contributed by atoms with Crippen LogP contribution in [0.25, 0.3) is 0 Å². The first-order chi connectivity index (χ1) is 8.38. The molecule has 106 valence electrons. The van der Waals surface area contributed by atoms with Crippen LogP contribution in [0.4, 0.5) is 13.2 Å². The number of halogens is 3. The van der Waals surface area contributed by atoms with Crippen LogP contribution >= 0.6 is 0 Å². The minimum atomic E-state index is -4.34. The van der Waals surface area contributed by atoms with Crippen molar-refractivity contribution in [1.82, 2.24) is 10.6 Å². The van der Waals surface area contributed by atoms with Crippen LogP contribution in [0.3, 0.4) is 0 Å². The van der Waals surface area contributed by atoms with Crippen molar-refractivity contribution in [3.63, 3.8) is 0 Å². The van der Waals surface area contributed by atoms with E-state index in [0.717, 1.165) is 19.4 Å². The number of nitrogens with one attached hydrogen (secondary N) is 2. The third-order valence-electron chi connectivity index (χ3n) is 2.85. The average Bonchev–Trinajstić information content (AvgIpc) is 2.26. The van der Waals surface area contributed by atoms with E-state index in [1.165, 1.54) is 0 Å². The lowest BCUT2D eigenvalue weighted by Crippen LogP contribution is -2.52. The maximum Gasteiger partial charge on any atom is 0.411 e. The van der Waals surface area contributed by atoms with Gasteiger partial charge in [-0.05, 0) is 26.3 Å². The van der Waals surface area contributed by atoms with Gasteiger partial charge in [-0.15, -0.1) is 0 Å². The van der Waals surface area contributed by atoms with Crippen molar-refractivity contribution in [2.75, 3.05) is 19.8 Å². The number of hydrogen-bond acceptors (Lipinski definition) is 3. The van der Waals surface area contributed by atoms with E-state index in [0.29, 0.717) is 0 Å². The van der Waals surface area contributed by atoms with Gasteiger partial charge in [-0.3, -0.25) is 4.79 Å². The molecule has 7 heteroatoms. The van der Waals surface area contributed by atoms with Crippen molar-refractivity contribution in [2.24, 2.45) is 0 Å². The van der Waals surface area contributed by atoms with Gasteiger partial charge in [0.15, 0.2) is 0 Å². The molecule has 0 aliphatic carbocycles. The van der Waals surface area contributed by atoms with E-state index in [9.17, 15) is 18.0 Å². The lowest BCUT2D eigenvalue weighted by molar-refractivity contribution is -0.174. The fourth-order valence-electron chi connectivity index (χ4n) is 1.87. The van der Waals surface area contributed by atoms with Gasteiger partial charge >= 0.3 is 6.18 Å². The Morgan fingerprint density at radius 1 is 1.50 bits per heavy atom. The zero-order chi connectivity index (χ0) is 13.6. The van der Waals surface area contributed by atoms with Gasteiger partial charge in [-0.2, -0.15) is 13.2 Å². The summed E-state index contributed by atoms with van der Waals surface area (Å²) < 4.78 is 39.7. The number of rotatable bonds is 5. The fourth-order valence-corrected chi connectivity index (χ4v) is 1.87. The zero-order valence-electron chi connectivity index (χ0n) is 10.3. The van der Waals surface area contributed by atoms with E-state index < -0.39 is 12.8 Å². The molecule has 1 aliphatic rings. The Kier molecular flexibility index (Phi) is 5.87. The van der Waals surface area contributed by atoms with Gasteiger partial charge in [-0.1, -0.05) is 0 Å². The van der Waals surface area contributed by atoms with Crippen LogP contribution in [0, 0.1) is 0 Å². The third-order valence-corrected chi connectivity index (χ3v) is 2.85. The van der Waals surface area contributed by atoms with E-state index in [-0.39, 0.29) is 31.0 Å². The lowest BCUT2D eigenvalue weighted by atomic mass is 10.00. The quantitative estimate of drug-likeness (QED) is 0.737. The zero-order valence-corrected chi connectivity index (χ0v) is 10.3. The Hall–Kier alpha value is -0.820. The predicted octanol–water partition coefficient (Wildman–Crippen LogP) is 1.21. The molecule has 0 bridgehead atoms. The number of hydrogen-bond donors (Lipinski definition) is 2. The molecule has 2 N–H and O–H groups in total. The Labute approximate surface area is 104 Å². The van der Waals surface area contributed by atoms with Crippen LogP contribution in [-0.4, -0.2) is 43.9 Å². The highest BCUT2D eigenvalue weighted by molar-refractivity contribution is 5.76. The van der Waals surface area contributed by atoms with Gasteiger partial charge in [0.25, 0.3) is 0 Å². The van der Waals surface area contributed by atoms with Crippen molar-refractivity contribution >= 4 is 5.91 Å². The summed E-state index contributed by atoms with van der Waals surface area (Å²) in [6.45, 7) is 1.40. The third kappa shape index (κ3) is 6.20. The summed E-state index contributed by atoms with van der Waals surface area (Å²) in [7, 11) is 0. The molecule has 2 atom stereocenters. The molecule has 2 unspecified atom stereocenters. The molecule has 0 aromatic carbocycles. The molecule has 1 heterocycles. The van der Waals surface area contributed by atoms with E-state index in [1.54, 1.807) is 0 Å². The number of carbonyl (C=O) groups is 1. The van der Waals surface area contributed by atoms with Crippen molar-refractivity contribution in [3.8, 4) is 0 Å². The Bertz CT molecular complexity index is 272. The Morgan fingerprint density at radius 2 is 2.22 bits per heavy atom. The van der Waals surface area contributed by atoms with Crippen LogP contribution < -0.4 is 10.6 Å². The minimum absolute atomic E-state index is 0.0424. The van der Waals surface area contributed by atoms with Gasteiger partial charge < -0.3 is 15.4 Å². The summed E-state index contributed by atoms with van der Waals surface area (Å²) in [5.74, 6) is -0.266. The lowest BCUT2D eigenvalue weighted by Gasteiger charge is -2.30. The van der Waals surface area contributed by atoms with Crippen LogP contribution in [0.1, 0.15) is 26.2 Å². The molecule has 1 fully saturated rings. The van der Waals surface area contributed by atoms with Crippen LogP contribution in [0.2, 0.25) is 0 Å². The largest absolute Gasteiger partial charge is 0.411 e. The smallest absolute Gasteiger partial charge is 0.372 e. The molecule has 0 aromatic heterocycles. The Balaban J connectivity index is 2.13. The highest BCUT2D eigenvalue weighted by Crippen LogP contribution is 2.14. The highest BCUT2D eigenvalue weighted by atomic mass is 19.4. The van der Waals surface area contributed by atoms with Gasteiger partial charge in [0, 0.05) is 18.5 Å². The number of piperidine rings is 1. The minimum Gasteiger partial charge on any atom is -0.372 e. The summed E-state index contributed by atoms with van der Waals surface area (Å²) in [5.41, 5.74) is 0. The molecule has 1 amide bonds. The van der Waals surface area contributed by atoms with Crippen molar-refractivity contribution in [2.45, 2.75) is 44.4 Å². The van der Waals surface area contributed by atoms with Crippen LogP contribution in [0.5, 0.6) is 0 Å². The summed E-state index contributed by atoms with van der Waals surface area (Å²) in [5, 5.41) is 6.03. The molecular weight excluding hydrogens is 249 g/mol. The fraction of sp³-hybridized carbons (Fsp3) is 0.909. The highest BCUT2D eigenvalue weighted by Gasteiger charge is 2.27. The normalized spacial score (nSPS) is 24.9. The summed E-state index contributed by atoms with van der Waals surface area (Å²) in [6, 6.07) is 0.243. The van der Waals surface area contributed by atoms with E-state index in [4.69, 9.17) is 0 Å². The second-order valence-electron chi connectivity index (χ2n) is 4.48. The van der Waals surface area contributed by atoms with Gasteiger partial charge in [0.2, 0.25) is 5.91 Å². The summed E-state index contributed by atoms with van der Waals surface area (Å²) in [6.07, 6.45) is -2.50. The first-order valence-electron chi connectivity index (χ1n) is 6.06. The number of amides is 1. The monoisotopic (exact) mass is 268 g/mol. The van der Waals surface area contributed by atoms with E-state index >= 15 is 0 Å². The molecular formula is C11H19F3N2O2. The molecule has 1 rings (SSSR count). The van der Waals surface area contributed by atoms with Gasteiger partial charge in [0.1, 0.15) is 6.61 Å². The maximum absolute atomic E-state index is 11.8. The molecule has 1 aliphatic heterocycles. The summed E-state index contributed by atoms with van der Waals surface area (Å²) >= 11 is 0. The van der Waals surface area contributed by atoms with Crippen molar-refractivity contribution in [1.29, 1.82) is 0 Å². The van der Waals surface area contributed by atoms with Gasteiger partial charge in [0.05, 0.1) is 6.61 Å². The molecule has 4 nitrogen and oxygen atoms in total. The van der Waals surface area contributed by atoms with E-state index in [1.807, 2.05) is 6.92 Å². The standard InChI is InChI=1S/C11H19F3N2O2/c1-8-9(3-2-5-15-8)16-10(17)4-6-18-7-11(12,13)14/h8-9,15H,2-7H2,1H3,(H,16,17). The molecule has 18 heavy (non-hydrogen) atoms. The molecule has 0 spiro atoms. The maximum atomic E-state index is 11.8. The van der Waals surface area contributed by atoms with Crippen LogP contribution in [0.15, 0.2) is 0 Å². The number of carbonyl (C=O) groups excluding carboxylic acids is 1. The first-order valence-corrected chi connectivity index (χ1v) is 6.06. The molecule has 1 saturated heterocycles. The molecule has 0 radical (unpaired) electrons. The molecule has 0 saturated carbocycles. The van der Waals surface area contributed by atoms with Crippen LogP contribution in [-0.2, 0) is 9.53 Å². The predicted molar refractivity (Wildman–Crippen MR) is 60.1 cm³/mol. The number of alkyl halides is 3. The van der Waals surface area contributed by atoms with Crippen molar-refractivity contribution in [3.05, 3.63) is 0 Å². The average molecular weight is 268 g/mol. The molecule has 0 aromatic rings. The topological polar surface area (TPSA) is 50.4 Å². The SMILES string of the molecule is CC1NCCCC1NC(=O)CCOCC(F)(F)F. The first kappa shape index (κ1) is 15.2.